The normalized spacial score (nSPS) is 12.1. The molecule has 0 saturated heterocycles. The van der Waals surface area contributed by atoms with Crippen molar-refractivity contribution in [3.05, 3.63) is 65.2 Å². The van der Waals surface area contributed by atoms with Crippen LogP contribution < -0.4 is 0 Å². The van der Waals surface area contributed by atoms with Crippen LogP contribution in [0, 0.1) is 0 Å². The Morgan fingerprint density at radius 2 is 1.72 bits per heavy atom. The van der Waals surface area contributed by atoms with Gasteiger partial charge in [-0.1, -0.05) is 49.4 Å². The highest BCUT2D eigenvalue weighted by atomic mass is 16.4. The maximum absolute atomic E-state index is 11.0. The fourth-order valence-corrected chi connectivity index (χ4v) is 2.00. The van der Waals surface area contributed by atoms with Crippen molar-refractivity contribution in [2.75, 3.05) is 0 Å². The van der Waals surface area contributed by atoms with Crippen LogP contribution in [0.3, 0.4) is 0 Å². The van der Waals surface area contributed by atoms with Gasteiger partial charge in [0.2, 0.25) is 0 Å². The van der Waals surface area contributed by atoms with Gasteiger partial charge in [-0.25, -0.2) is 4.79 Å². The topological polar surface area (TPSA) is 57.5 Å². The molecule has 0 heterocycles. The third-order valence-corrected chi connectivity index (χ3v) is 3.06. The molecule has 18 heavy (non-hydrogen) atoms. The first-order chi connectivity index (χ1) is 8.61. The Hall–Kier alpha value is -2.29. The van der Waals surface area contributed by atoms with Crippen LogP contribution in [0.1, 0.15) is 34.3 Å². The van der Waals surface area contributed by atoms with Crippen LogP contribution in [0.5, 0.6) is 5.75 Å². The molecule has 3 heteroatoms. The Balaban J connectivity index is 2.46. The molecule has 0 spiro atoms. The Morgan fingerprint density at radius 1 is 1.06 bits per heavy atom. The third-order valence-electron chi connectivity index (χ3n) is 3.06. The number of carboxylic acid groups (broad SMARTS) is 1. The fourth-order valence-electron chi connectivity index (χ4n) is 2.00. The van der Waals surface area contributed by atoms with Crippen LogP contribution in [0.25, 0.3) is 0 Å². The van der Waals surface area contributed by atoms with E-state index in [1.807, 2.05) is 37.3 Å². The molecular formula is C15H14O3. The molecule has 0 bridgehead atoms. The molecule has 3 nitrogen and oxygen atoms in total. The second kappa shape index (κ2) is 4.92. The molecule has 2 aromatic carbocycles. The zero-order valence-electron chi connectivity index (χ0n) is 10.00. The van der Waals surface area contributed by atoms with Gasteiger partial charge in [-0.05, 0) is 11.6 Å². The van der Waals surface area contributed by atoms with Gasteiger partial charge in [0, 0.05) is 11.5 Å². The monoisotopic (exact) mass is 242 g/mol. The Kier molecular flexibility index (Phi) is 3.33. The van der Waals surface area contributed by atoms with Crippen LogP contribution in [0.2, 0.25) is 0 Å². The zero-order valence-corrected chi connectivity index (χ0v) is 10.00. The summed E-state index contributed by atoms with van der Waals surface area (Å²) in [6.45, 7) is 1.94. The summed E-state index contributed by atoms with van der Waals surface area (Å²) in [5.74, 6) is -1.32. The highest BCUT2D eigenvalue weighted by Crippen LogP contribution is 2.33. The molecule has 1 atom stereocenters. The predicted molar refractivity (Wildman–Crippen MR) is 69.0 cm³/mol. The number of rotatable bonds is 3. The lowest BCUT2D eigenvalue weighted by atomic mass is 9.91. The number of carboxylic acids is 1. The number of hydrogen-bond acceptors (Lipinski definition) is 2. The van der Waals surface area contributed by atoms with Crippen molar-refractivity contribution in [1.82, 2.24) is 0 Å². The summed E-state index contributed by atoms with van der Waals surface area (Å²) in [5, 5.41) is 19.0. The standard InChI is InChI=1S/C15H14O3/c1-10(11-6-3-2-4-7-11)12-8-5-9-13(14(12)16)15(17)18/h2-10,16H,1H3,(H,17,18). The average Bonchev–Trinajstić information content (AvgIpc) is 2.39. The third kappa shape index (κ3) is 2.20. The van der Waals surface area contributed by atoms with Gasteiger partial charge < -0.3 is 10.2 Å². The maximum Gasteiger partial charge on any atom is 0.339 e. The summed E-state index contributed by atoms with van der Waals surface area (Å²) in [6, 6.07) is 14.5. The van der Waals surface area contributed by atoms with Crippen LogP contribution in [0.4, 0.5) is 0 Å². The number of para-hydroxylation sites is 1. The Bertz CT molecular complexity index is 561. The molecule has 2 N–H and O–H groups in total. The molecule has 2 rings (SSSR count). The van der Waals surface area contributed by atoms with Crippen molar-refractivity contribution < 1.29 is 15.0 Å². The van der Waals surface area contributed by atoms with Crippen LogP contribution in [-0.2, 0) is 0 Å². The molecule has 0 aliphatic heterocycles. The number of hydrogen-bond donors (Lipinski definition) is 2. The molecule has 1 unspecified atom stereocenters. The number of phenols is 1. The highest BCUT2D eigenvalue weighted by molar-refractivity contribution is 5.91. The van der Waals surface area contributed by atoms with E-state index in [4.69, 9.17) is 5.11 Å². The lowest BCUT2D eigenvalue weighted by molar-refractivity contribution is 0.0693. The summed E-state index contributed by atoms with van der Waals surface area (Å²) in [4.78, 5) is 11.0. The van der Waals surface area contributed by atoms with Crippen LogP contribution >= 0.6 is 0 Å². The van der Waals surface area contributed by atoms with E-state index < -0.39 is 5.97 Å². The smallest absolute Gasteiger partial charge is 0.339 e. The fraction of sp³-hybridized carbons (Fsp3) is 0.133. The molecule has 0 aliphatic carbocycles. The van der Waals surface area contributed by atoms with Crippen LogP contribution in [-0.4, -0.2) is 16.2 Å². The number of benzene rings is 2. The van der Waals surface area contributed by atoms with Crippen molar-refractivity contribution >= 4 is 5.97 Å². The van der Waals surface area contributed by atoms with Gasteiger partial charge in [0.15, 0.2) is 0 Å². The van der Waals surface area contributed by atoms with Gasteiger partial charge >= 0.3 is 5.97 Å². The van der Waals surface area contributed by atoms with E-state index in [0.717, 1.165) is 5.56 Å². The molecule has 0 amide bonds. The van der Waals surface area contributed by atoms with Gasteiger partial charge in [-0.3, -0.25) is 0 Å². The second-order valence-corrected chi connectivity index (χ2v) is 4.18. The molecule has 2 aromatic rings. The minimum atomic E-state index is -1.12. The lowest BCUT2D eigenvalue weighted by Crippen LogP contribution is -2.02. The predicted octanol–water partition coefficient (Wildman–Crippen LogP) is 3.24. The van der Waals surface area contributed by atoms with E-state index in [1.165, 1.54) is 6.07 Å². The number of carbonyl (C=O) groups is 1. The van der Waals surface area contributed by atoms with Crippen molar-refractivity contribution in [3.8, 4) is 5.75 Å². The minimum Gasteiger partial charge on any atom is -0.507 e. The summed E-state index contributed by atoms with van der Waals surface area (Å²) in [6.07, 6.45) is 0. The highest BCUT2D eigenvalue weighted by Gasteiger charge is 2.17. The molecule has 0 saturated carbocycles. The second-order valence-electron chi connectivity index (χ2n) is 4.18. The van der Waals surface area contributed by atoms with Gasteiger partial charge in [0.25, 0.3) is 0 Å². The summed E-state index contributed by atoms with van der Waals surface area (Å²) >= 11 is 0. The van der Waals surface area contributed by atoms with Gasteiger partial charge in [0.05, 0.1) is 0 Å². The van der Waals surface area contributed by atoms with E-state index >= 15 is 0 Å². The first-order valence-corrected chi connectivity index (χ1v) is 5.71. The Labute approximate surface area is 105 Å². The van der Waals surface area contributed by atoms with Crippen molar-refractivity contribution in [3.63, 3.8) is 0 Å². The number of aromatic carboxylic acids is 1. The molecule has 0 radical (unpaired) electrons. The first-order valence-electron chi connectivity index (χ1n) is 5.71. The molecule has 0 aromatic heterocycles. The van der Waals surface area contributed by atoms with E-state index in [2.05, 4.69) is 0 Å². The molecule has 92 valence electrons. The summed E-state index contributed by atoms with van der Waals surface area (Å²) in [5.41, 5.74) is 1.60. The van der Waals surface area contributed by atoms with Crippen molar-refractivity contribution in [2.24, 2.45) is 0 Å². The summed E-state index contributed by atoms with van der Waals surface area (Å²) in [7, 11) is 0. The molecule has 0 fully saturated rings. The molecular weight excluding hydrogens is 228 g/mol. The van der Waals surface area contributed by atoms with Gasteiger partial charge in [-0.2, -0.15) is 0 Å². The largest absolute Gasteiger partial charge is 0.507 e. The SMILES string of the molecule is CC(c1ccccc1)c1cccc(C(=O)O)c1O. The number of aromatic hydroxyl groups is 1. The van der Waals surface area contributed by atoms with Crippen LogP contribution in [0.15, 0.2) is 48.5 Å². The van der Waals surface area contributed by atoms with Crippen molar-refractivity contribution in [1.29, 1.82) is 0 Å². The Morgan fingerprint density at radius 3 is 2.33 bits per heavy atom. The summed E-state index contributed by atoms with van der Waals surface area (Å²) < 4.78 is 0. The van der Waals surface area contributed by atoms with E-state index in [1.54, 1.807) is 12.1 Å². The van der Waals surface area contributed by atoms with Gasteiger partial charge in [0.1, 0.15) is 11.3 Å². The maximum atomic E-state index is 11.0. The quantitative estimate of drug-likeness (QED) is 0.868. The minimum absolute atomic E-state index is 0.0505. The van der Waals surface area contributed by atoms with E-state index in [0.29, 0.717) is 5.56 Å². The lowest BCUT2D eigenvalue weighted by Gasteiger charge is -2.15. The average molecular weight is 242 g/mol. The zero-order chi connectivity index (χ0) is 13.1. The van der Waals surface area contributed by atoms with E-state index in [-0.39, 0.29) is 17.2 Å². The van der Waals surface area contributed by atoms with Crippen molar-refractivity contribution in [2.45, 2.75) is 12.8 Å². The van der Waals surface area contributed by atoms with Gasteiger partial charge in [-0.15, -0.1) is 0 Å². The first kappa shape index (κ1) is 12.2. The van der Waals surface area contributed by atoms with E-state index in [9.17, 15) is 9.90 Å². The molecule has 0 aliphatic rings.